The van der Waals surface area contributed by atoms with E-state index in [1.165, 1.54) is 18.2 Å². The number of anilines is 1. The second-order valence-corrected chi connectivity index (χ2v) is 3.76. The first-order chi connectivity index (χ1) is 9.10. The highest BCUT2D eigenvalue weighted by Crippen LogP contribution is 2.31. The third-order valence-corrected chi connectivity index (χ3v) is 2.49. The molecule has 2 N–H and O–H groups in total. The van der Waals surface area contributed by atoms with Gasteiger partial charge in [0.1, 0.15) is 11.5 Å². The number of hydrogen-bond acceptors (Lipinski definition) is 5. The Morgan fingerprint density at radius 2 is 1.74 bits per heavy atom. The molecule has 0 spiro atoms. The number of nitro benzene ring substituents is 1. The number of nitro groups is 1. The second kappa shape index (κ2) is 5.26. The maximum absolute atomic E-state index is 10.6. The van der Waals surface area contributed by atoms with Crippen LogP contribution in [-0.4, -0.2) is 12.0 Å². The van der Waals surface area contributed by atoms with Gasteiger partial charge in [-0.25, -0.2) is 0 Å². The van der Waals surface area contributed by atoms with Gasteiger partial charge < -0.3 is 15.2 Å². The minimum Gasteiger partial charge on any atom is -0.497 e. The molecule has 6 heteroatoms. The van der Waals surface area contributed by atoms with Crippen molar-refractivity contribution in [3.05, 3.63) is 52.6 Å². The fourth-order valence-corrected chi connectivity index (χ4v) is 1.51. The zero-order chi connectivity index (χ0) is 13.8. The van der Waals surface area contributed by atoms with Gasteiger partial charge in [-0.15, -0.1) is 0 Å². The molecule has 2 rings (SSSR count). The lowest BCUT2D eigenvalue weighted by molar-refractivity contribution is -0.384. The average molecular weight is 260 g/mol. The largest absolute Gasteiger partial charge is 0.497 e. The van der Waals surface area contributed by atoms with E-state index in [9.17, 15) is 10.1 Å². The maximum Gasteiger partial charge on any atom is 0.271 e. The summed E-state index contributed by atoms with van der Waals surface area (Å²) in [5.74, 6) is 1.65. The summed E-state index contributed by atoms with van der Waals surface area (Å²) in [4.78, 5) is 10.1. The summed E-state index contributed by atoms with van der Waals surface area (Å²) >= 11 is 0. The summed E-state index contributed by atoms with van der Waals surface area (Å²) in [6, 6.07) is 11.0. The molecule has 0 aliphatic carbocycles. The van der Waals surface area contributed by atoms with Crippen molar-refractivity contribution < 1.29 is 14.4 Å². The van der Waals surface area contributed by atoms with Crippen molar-refractivity contribution in [3.63, 3.8) is 0 Å². The Balaban J connectivity index is 2.20. The number of non-ortho nitro benzene ring substituents is 1. The Morgan fingerprint density at radius 3 is 2.26 bits per heavy atom. The van der Waals surface area contributed by atoms with Gasteiger partial charge in [-0.3, -0.25) is 10.1 Å². The number of methoxy groups -OCH3 is 1. The highest BCUT2D eigenvalue weighted by molar-refractivity contribution is 5.59. The Labute approximate surface area is 109 Å². The summed E-state index contributed by atoms with van der Waals surface area (Å²) in [7, 11) is 1.57. The summed E-state index contributed by atoms with van der Waals surface area (Å²) in [6.45, 7) is 0. The zero-order valence-electron chi connectivity index (χ0n) is 10.2. The first kappa shape index (κ1) is 12.7. The van der Waals surface area contributed by atoms with E-state index < -0.39 is 4.92 Å². The van der Waals surface area contributed by atoms with Crippen LogP contribution in [0.4, 0.5) is 11.4 Å². The Bertz CT molecular complexity index is 596. The van der Waals surface area contributed by atoms with Gasteiger partial charge in [-0.05, 0) is 30.3 Å². The number of hydrogen-bond donors (Lipinski definition) is 1. The number of nitrogens with two attached hydrogens (primary N) is 1. The highest BCUT2D eigenvalue weighted by Gasteiger charge is 2.10. The van der Waals surface area contributed by atoms with Crippen molar-refractivity contribution in [1.29, 1.82) is 0 Å². The fraction of sp³-hybridized carbons (Fsp3) is 0.0769. The lowest BCUT2D eigenvalue weighted by Crippen LogP contribution is -1.95. The van der Waals surface area contributed by atoms with E-state index in [4.69, 9.17) is 15.2 Å². The van der Waals surface area contributed by atoms with Crippen LogP contribution in [0.1, 0.15) is 0 Å². The Morgan fingerprint density at radius 1 is 1.11 bits per heavy atom. The van der Waals surface area contributed by atoms with Crippen LogP contribution in [0.25, 0.3) is 0 Å². The smallest absolute Gasteiger partial charge is 0.271 e. The SMILES string of the molecule is COc1ccc(Oc2ccc([N+](=O)[O-])cc2N)cc1. The first-order valence-electron chi connectivity index (χ1n) is 5.46. The number of nitrogen functional groups attached to an aromatic ring is 1. The summed E-state index contributed by atoms with van der Waals surface area (Å²) in [6.07, 6.45) is 0. The molecule has 0 saturated carbocycles. The van der Waals surface area contributed by atoms with Crippen molar-refractivity contribution >= 4 is 11.4 Å². The number of nitrogens with zero attached hydrogens (tertiary/aromatic N) is 1. The molecule has 0 radical (unpaired) electrons. The van der Waals surface area contributed by atoms with Crippen molar-refractivity contribution in [2.45, 2.75) is 0 Å². The van der Waals surface area contributed by atoms with E-state index in [1.807, 2.05) is 0 Å². The van der Waals surface area contributed by atoms with Crippen molar-refractivity contribution in [2.24, 2.45) is 0 Å². The standard InChI is InChI=1S/C13H12N2O4/c1-18-10-3-5-11(6-4-10)19-13-7-2-9(15(16)17)8-12(13)14/h2-8H,14H2,1H3. The van der Waals surface area contributed by atoms with E-state index in [1.54, 1.807) is 31.4 Å². The van der Waals surface area contributed by atoms with Crippen molar-refractivity contribution in [3.8, 4) is 17.2 Å². The molecule has 98 valence electrons. The predicted octanol–water partition coefficient (Wildman–Crippen LogP) is 2.98. The van der Waals surface area contributed by atoms with E-state index in [-0.39, 0.29) is 11.4 Å². The normalized spacial score (nSPS) is 9.95. The maximum atomic E-state index is 10.6. The van der Waals surface area contributed by atoms with Gasteiger partial charge in [0, 0.05) is 12.1 Å². The zero-order valence-corrected chi connectivity index (χ0v) is 10.2. The first-order valence-corrected chi connectivity index (χ1v) is 5.46. The van der Waals surface area contributed by atoms with Gasteiger partial charge >= 0.3 is 0 Å². The molecule has 0 heterocycles. The van der Waals surface area contributed by atoms with Crippen LogP contribution in [0.2, 0.25) is 0 Å². The second-order valence-electron chi connectivity index (χ2n) is 3.76. The molecule has 19 heavy (non-hydrogen) atoms. The molecule has 0 saturated heterocycles. The monoisotopic (exact) mass is 260 g/mol. The van der Waals surface area contributed by atoms with E-state index >= 15 is 0 Å². The summed E-state index contributed by atoms with van der Waals surface area (Å²) in [5.41, 5.74) is 5.85. The molecule has 0 aromatic heterocycles. The van der Waals surface area contributed by atoms with Crippen LogP contribution >= 0.6 is 0 Å². The number of rotatable bonds is 4. The van der Waals surface area contributed by atoms with Gasteiger partial charge in [0.25, 0.3) is 5.69 Å². The topological polar surface area (TPSA) is 87.6 Å². The molecule has 6 nitrogen and oxygen atoms in total. The lowest BCUT2D eigenvalue weighted by Gasteiger charge is -2.08. The van der Waals surface area contributed by atoms with Crippen LogP contribution in [0.3, 0.4) is 0 Å². The molecular formula is C13H12N2O4. The van der Waals surface area contributed by atoms with Crippen LogP contribution < -0.4 is 15.2 Å². The number of ether oxygens (including phenoxy) is 2. The van der Waals surface area contributed by atoms with E-state index in [0.717, 1.165) is 0 Å². The third-order valence-electron chi connectivity index (χ3n) is 2.49. The van der Waals surface area contributed by atoms with Gasteiger partial charge in [-0.1, -0.05) is 0 Å². The molecule has 0 atom stereocenters. The molecule has 0 bridgehead atoms. The van der Waals surface area contributed by atoms with Crippen molar-refractivity contribution in [1.82, 2.24) is 0 Å². The highest BCUT2D eigenvalue weighted by atomic mass is 16.6. The molecule has 0 aliphatic rings. The van der Waals surface area contributed by atoms with Crippen LogP contribution in [0.15, 0.2) is 42.5 Å². The molecule has 0 fully saturated rings. The van der Waals surface area contributed by atoms with E-state index in [2.05, 4.69) is 0 Å². The van der Waals surface area contributed by atoms with Crippen LogP contribution in [0.5, 0.6) is 17.2 Å². The molecule has 0 unspecified atom stereocenters. The van der Waals surface area contributed by atoms with E-state index in [0.29, 0.717) is 17.2 Å². The third kappa shape index (κ3) is 2.92. The quantitative estimate of drug-likeness (QED) is 0.518. The van der Waals surface area contributed by atoms with Gasteiger partial charge in [0.2, 0.25) is 0 Å². The minimum absolute atomic E-state index is 0.0698. The molecule has 2 aromatic carbocycles. The van der Waals surface area contributed by atoms with Crippen LogP contribution in [-0.2, 0) is 0 Å². The summed E-state index contributed by atoms with van der Waals surface area (Å²) < 4.78 is 10.6. The number of benzene rings is 2. The molecule has 0 aliphatic heterocycles. The molecular weight excluding hydrogens is 248 g/mol. The van der Waals surface area contributed by atoms with Gasteiger partial charge in [-0.2, -0.15) is 0 Å². The Hall–Kier alpha value is -2.76. The van der Waals surface area contributed by atoms with Crippen LogP contribution in [0, 0.1) is 10.1 Å². The Kier molecular flexibility index (Phi) is 3.51. The lowest BCUT2D eigenvalue weighted by atomic mass is 10.2. The van der Waals surface area contributed by atoms with Gasteiger partial charge in [0.15, 0.2) is 5.75 Å². The minimum atomic E-state index is -0.506. The molecule has 2 aromatic rings. The van der Waals surface area contributed by atoms with Gasteiger partial charge in [0.05, 0.1) is 17.7 Å². The predicted molar refractivity (Wildman–Crippen MR) is 70.6 cm³/mol. The fourth-order valence-electron chi connectivity index (χ4n) is 1.51. The van der Waals surface area contributed by atoms with Crippen molar-refractivity contribution in [2.75, 3.05) is 12.8 Å². The summed E-state index contributed by atoms with van der Waals surface area (Å²) in [5, 5.41) is 10.6. The molecule has 0 amide bonds. The average Bonchev–Trinajstić information content (AvgIpc) is 2.41.